The fourth-order valence-electron chi connectivity index (χ4n) is 3.36. The Morgan fingerprint density at radius 1 is 1.00 bits per heavy atom. The molecule has 2 heterocycles. The first kappa shape index (κ1) is 18.6. The summed E-state index contributed by atoms with van der Waals surface area (Å²) in [7, 11) is 0. The van der Waals surface area contributed by atoms with E-state index in [2.05, 4.69) is 15.6 Å². The van der Waals surface area contributed by atoms with Gasteiger partial charge in [0.1, 0.15) is 5.75 Å². The van der Waals surface area contributed by atoms with Crippen LogP contribution in [0.2, 0.25) is 0 Å². The summed E-state index contributed by atoms with van der Waals surface area (Å²) in [6.07, 6.45) is 1.64. The summed E-state index contributed by atoms with van der Waals surface area (Å²) < 4.78 is 11.3. The average Bonchev–Trinajstić information content (AvgIpc) is 3.30. The van der Waals surface area contributed by atoms with Crippen LogP contribution in [0.1, 0.15) is 10.4 Å². The van der Waals surface area contributed by atoms with Gasteiger partial charge in [-0.25, -0.2) is 4.98 Å². The first-order valence-corrected chi connectivity index (χ1v) is 9.66. The second kappa shape index (κ2) is 7.79. The Morgan fingerprint density at radius 3 is 2.68 bits per heavy atom. The molecule has 2 N–H and O–H groups in total. The summed E-state index contributed by atoms with van der Waals surface area (Å²) in [5, 5.41) is 5.59. The first-order chi connectivity index (χ1) is 15.2. The van der Waals surface area contributed by atoms with Crippen LogP contribution >= 0.6 is 0 Å². The lowest BCUT2D eigenvalue weighted by Gasteiger charge is -2.18. The van der Waals surface area contributed by atoms with Crippen LogP contribution in [-0.4, -0.2) is 23.4 Å². The molecule has 1 aromatic heterocycles. The lowest BCUT2D eigenvalue weighted by molar-refractivity contribution is -0.118. The fourth-order valence-corrected chi connectivity index (χ4v) is 3.36. The number of carbonyl (C=O) groups is 2. The summed E-state index contributed by atoms with van der Waals surface area (Å²) in [5.74, 6) is 0.982. The van der Waals surface area contributed by atoms with Crippen molar-refractivity contribution in [2.24, 2.45) is 0 Å². The number of aromatic nitrogens is 1. The molecule has 3 aromatic carbocycles. The van der Waals surface area contributed by atoms with Gasteiger partial charge in [-0.2, -0.15) is 0 Å². The Kier molecular flexibility index (Phi) is 4.68. The zero-order valence-corrected chi connectivity index (χ0v) is 16.3. The van der Waals surface area contributed by atoms with Crippen LogP contribution in [-0.2, 0) is 4.79 Å². The molecule has 31 heavy (non-hydrogen) atoms. The van der Waals surface area contributed by atoms with E-state index in [4.69, 9.17) is 9.15 Å². The molecule has 0 spiro atoms. The topological polar surface area (TPSA) is 93.5 Å². The molecule has 4 aromatic rings. The largest absolute Gasteiger partial charge is 0.482 e. The lowest BCUT2D eigenvalue weighted by atomic mass is 10.1. The SMILES string of the molecule is O=C1COc2ccc(NC(=O)c3ccccc3-c3ncc(-c4ccccc4)o3)cc2N1. The van der Waals surface area contributed by atoms with Gasteiger partial charge in [0.15, 0.2) is 12.4 Å². The van der Waals surface area contributed by atoms with Crippen molar-refractivity contribution >= 4 is 23.2 Å². The third-order valence-corrected chi connectivity index (χ3v) is 4.84. The highest BCUT2D eigenvalue weighted by atomic mass is 16.5. The van der Waals surface area contributed by atoms with E-state index in [9.17, 15) is 9.59 Å². The highest BCUT2D eigenvalue weighted by Gasteiger charge is 2.19. The molecule has 7 heteroatoms. The van der Waals surface area contributed by atoms with Gasteiger partial charge in [-0.3, -0.25) is 9.59 Å². The maximum atomic E-state index is 13.0. The minimum absolute atomic E-state index is 0.0206. The molecule has 2 amide bonds. The third-order valence-electron chi connectivity index (χ3n) is 4.84. The van der Waals surface area contributed by atoms with Crippen LogP contribution < -0.4 is 15.4 Å². The number of hydrogen-bond donors (Lipinski definition) is 2. The molecule has 152 valence electrons. The fraction of sp³-hybridized carbons (Fsp3) is 0.0417. The minimum atomic E-state index is -0.321. The van der Waals surface area contributed by atoms with Crippen molar-refractivity contribution in [2.75, 3.05) is 17.2 Å². The number of nitrogens with zero attached hydrogens (tertiary/aromatic N) is 1. The van der Waals surface area contributed by atoms with E-state index in [1.807, 2.05) is 36.4 Å². The molecule has 0 atom stereocenters. The number of fused-ring (bicyclic) bond motifs is 1. The molecule has 0 aliphatic carbocycles. The van der Waals surface area contributed by atoms with Crippen LogP contribution in [0.15, 0.2) is 83.4 Å². The Balaban J connectivity index is 1.42. The second-order valence-corrected chi connectivity index (χ2v) is 6.94. The number of oxazole rings is 1. The van der Waals surface area contributed by atoms with Crippen LogP contribution in [0, 0.1) is 0 Å². The summed E-state index contributed by atoms with van der Waals surface area (Å²) >= 11 is 0. The van der Waals surface area contributed by atoms with Gasteiger partial charge in [0, 0.05) is 16.8 Å². The molecule has 7 nitrogen and oxygen atoms in total. The molecule has 0 saturated carbocycles. The van der Waals surface area contributed by atoms with Crippen LogP contribution in [0.25, 0.3) is 22.8 Å². The van der Waals surface area contributed by atoms with Gasteiger partial charge >= 0.3 is 0 Å². The van der Waals surface area contributed by atoms with Crippen molar-refractivity contribution in [3.8, 4) is 28.5 Å². The van der Waals surface area contributed by atoms with Crippen molar-refractivity contribution < 1.29 is 18.7 Å². The molecule has 0 bridgehead atoms. The summed E-state index contributed by atoms with van der Waals surface area (Å²) in [5.41, 5.74) is 2.95. The smallest absolute Gasteiger partial charge is 0.262 e. The number of amides is 2. The number of nitrogens with one attached hydrogen (secondary N) is 2. The van der Waals surface area contributed by atoms with Gasteiger partial charge in [-0.15, -0.1) is 0 Å². The van der Waals surface area contributed by atoms with E-state index in [0.717, 1.165) is 5.56 Å². The monoisotopic (exact) mass is 411 g/mol. The molecule has 0 saturated heterocycles. The molecule has 0 fully saturated rings. The number of anilines is 2. The number of rotatable bonds is 4. The number of benzene rings is 3. The predicted molar refractivity (Wildman–Crippen MR) is 116 cm³/mol. The van der Waals surface area contributed by atoms with Gasteiger partial charge in [-0.1, -0.05) is 42.5 Å². The number of hydrogen-bond acceptors (Lipinski definition) is 5. The van der Waals surface area contributed by atoms with E-state index >= 15 is 0 Å². The van der Waals surface area contributed by atoms with Crippen LogP contribution in [0.4, 0.5) is 11.4 Å². The number of carbonyl (C=O) groups excluding carboxylic acids is 2. The molecule has 5 rings (SSSR count). The zero-order valence-electron chi connectivity index (χ0n) is 16.3. The van der Waals surface area contributed by atoms with Crippen molar-refractivity contribution in [3.05, 3.63) is 84.6 Å². The van der Waals surface area contributed by atoms with E-state index in [1.54, 1.807) is 42.6 Å². The van der Waals surface area contributed by atoms with E-state index < -0.39 is 0 Å². The van der Waals surface area contributed by atoms with E-state index in [1.165, 1.54) is 0 Å². The average molecular weight is 411 g/mol. The van der Waals surface area contributed by atoms with Gasteiger partial charge in [0.25, 0.3) is 11.8 Å². The van der Waals surface area contributed by atoms with Crippen molar-refractivity contribution in [3.63, 3.8) is 0 Å². The van der Waals surface area contributed by atoms with Crippen molar-refractivity contribution in [1.29, 1.82) is 0 Å². The van der Waals surface area contributed by atoms with Gasteiger partial charge < -0.3 is 19.8 Å². The summed E-state index contributed by atoms with van der Waals surface area (Å²) in [6, 6.07) is 21.8. The van der Waals surface area contributed by atoms with Gasteiger partial charge in [-0.05, 0) is 30.3 Å². The maximum Gasteiger partial charge on any atom is 0.262 e. The predicted octanol–water partition coefficient (Wildman–Crippen LogP) is 4.59. The molecule has 1 aliphatic rings. The molecule has 1 aliphatic heterocycles. The zero-order chi connectivity index (χ0) is 21.2. The third kappa shape index (κ3) is 3.76. The normalized spacial score (nSPS) is 12.5. The summed E-state index contributed by atoms with van der Waals surface area (Å²) in [6.45, 7) is -0.0206. The van der Waals surface area contributed by atoms with Gasteiger partial charge in [0.2, 0.25) is 5.89 Å². The Hall–Kier alpha value is -4.39. The summed E-state index contributed by atoms with van der Waals surface area (Å²) in [4.78, 5) is 28.9. The van der Waals surface area contributed by atoms with Crippen molar-refractivity contribution in [1.82, 2.24) is 4.98 Å². The van der Waals surface area contributed by atoms with Crippen molar-refractivity contribution in [2.45, 2.75) is 0 Å². The molecule has 0 radical (unpaired) electrons. The van der Waals surface area contributed by atoms with Crippen LogP contribution in [0.3, 0.4) is 0 Å². The maximum absolute atomic E-state index is 13.0. The Morgan fingerprint density at radius 2 is 1.81 bits per heavy atom. The lowest BCUT2D eigenvalue weighted by Crippen LogP contribution is -2.25. The molecular formula is C24H17N3O4. The second-order valence-electron chi connectivity index (χ2n) is 6.94. The van der Waals surface area contributed by atoms with E-state index in [-0.39, 0.29) is 18.4 Å². The molecule has 0 unspecified atom stereocenters. The standard InChI is InChI=1S/C24H17N3O4/c28-22-14-30-20-11-10-16(12-19(20)27-22)26-23(29)17-8-4-5-9-18(17)24-25-13-21(31-24)15-6-2-1-3-7-15/h1-13H,14H2,(H,26,29)(H,27,28). The quantitative estimate of drug-likeness (QED) is 0.512. The highest BCUT2D eigenvalue weighted by molar-refractivity contribution is 6.08. The Bertz CT molecular complexity index is 1280. The highest BCUT2D eigenvalue weighted by Crippen LogP contribution is 2.32. The molecular weight excluding hydrogens is 394 g/mol. The van der Waals surface area contributed by atoms with Crippen LogP contribution in [0.5, 0.6) is 5.75 Å². The van der Waals surface area contributed by atoms with E-state index in [0.29, 0.717) is 39.9 Å². The minimum Gasteiger partial charge on any atom is -0.482 e. The number of ether oxygens (including phenoxy) is 1. The first-order valence-electron chi connectivity index (χ1n) is 9.66. The Labute approximate surface area is 177 Å². The van der Waals surface area contributed by atoms with Gasteiger partial charge in [0.05, 0.1) is 17.4 Å².